The quantitative estimate of drug-likeness (QED) is 0.569. The SMILES string of the molecule is Cc1cscc1CNS(=O)(=O)c1cccnc1NN. The summed E-state index contributed by atoms with van der Waals surface area (Å²) in [5.41, 5.74) is 4.30. The Balaban J connectivity index is 2.21. The topological polar surface area (TPSA) is 97.1 Å². The van der Waals surface area contributed by atoms with Crippen molar-refractivity contribution in [1.29, 1.82) is 0 Å². The molecule has 2 rings (SSSR count). The van der Waals surface area contributed by atoms with Gasteiger partial charge in [-0.2, -0.15) is 11.3 Å². The molecule has 6 nitrogen and oxygen atoms in total. The molecule has 8 heteroatoms. The van der Waals surface area contributed by atoms with E-state index in [4.69, 9.17) is 5.84 Å². The molecule has 2 aromatic heterocycles. The van der Waals surface area contributed by atoms with E-state index in [2.05, 4.69) is 15.1 Å². The van der Waals surface area contributed by atoms with Gasteiger partial charge in [0.1, 0.15) is 4.90 Å². The Kier molecular flexibility index (Phi) is 4.15. The van der Waals surface area contributed by atoms with Gasteiger partial charge in [-0.15, -0.1) is 0 Å². The second kappa shape index (κ2) is 5.66. The molecule has 0 saturated heterocycles. The van der Waals surface area contributed by atoms with Crippen LogP contribution in [0.5, 0.6) is 0 Å². The van der Waals surface area contributed by atoms with Crippen LogP contribution >= 0.6 is 11.3 Å². The molecule has 0 fully saturated rings. The maximum atomic E-state index is 12.2. The number of aryl methyl sites for hydroxylation is 1. The first-order valence-corrected chi connectivity index (χ1v) is 7.90. The van der Waals surface area contributed by atoms with Crippen molar-refractivity contribution in [3.63, 3.8) is 0 Å². The van der Waals surface area contributed by atoms with Crippen LogP contribution in [0, 0.1) is 6.92 Å². The highest BCUT2D eigenvalue weighted by atomic mass is 32.2. The second-order valence-corrected chi connectivity index (χ2v) is 6.38. The largest absolute Gasteiger partial charge is 0.307 e. The van der Waals surface area contributed by atoms with E-state index in [1.807, 2.05) is 17.7 Å². The number of thiophene rings is 1. The van der Waals surface area contributed by atoms with Crippen LogP contribution in [0.1, 0.15) is 11.1 Å². The van der Waals surface area contributed by atoms with Crippen LogP contribution in [0.4, 0.5) is 5.82 Å². The van der Waals surface area contributed by atoms with Gasteiger partial charge in [0.2, 0.25) is 10.0 Å². The summed E-state index contributed by atoms with van der Waals surface area (Å²) < 4.78 is 26.9. The lowest BCUT2D eigenvalue weighted by atomic mass is 10.2. The van der Waals surface area contributed by atoms with Crippen molar-refractivity contribution in [2.75, 3.05) is 5.43 Å². The number of nitrogens with two attached hydrogens (primary N) is 1. The highest BCUT2D eigenvalue weighted by molar-refractivity contribution is 7.89. The van der Waals surface area contributed by atoms with E-state index in [9.17, 15) is 8.42 Å². The van der Waals surface area contributed by atoms with Gasteiger partial charge in [0.25, 0.3) is 0 Å². The van der Waals surface area contributed by atoms with Crippen LogP contribution in [0.2, 0.25) is 0 Å². The number of nitrogens with zero attached hydrogens (tertiary/aromatic N) is 1. The van der Waals surface area contributed by atoms with Gasteiger partial charge in [-0.25, -0.2) is 24.0 Å². The molecule has 0 saturated carbocycles. The van der Waals surface area contributed by atoms with Crippen molar-refractivity contribution in [1.82, 2.24) is 9.71 Å². The number of pyridine rings is 1. The van der Waals surface area contributed by atoms with E-state index in [1.54, 1.807) is 17.4 Å². The molecule has 0 radical (unpaired) electrons. The fraction of sp³-hybridized carbons (Fsp3) is 0.182. The maximum Gasteiger partial charge on any atom is 0.244 e. The van der Waals surface area contributed by atoms with E-state index < -0.39 is 10.0 Å². The number of aromatic nitrogens is 1. The maximum absolute atomic E-state index is 12.2. The number of anilines is 1. The first-order chi connectivity index (χ1) is 9.04. The zero-order valence-corrected chi connectivity index (χ0v) is 11.9. The average molecular weight is 298 g/mol. The van der Waals surface area contributed by atoms with E-state index in [0.29, 0.717) is 0 Å². The molecular formula is C11H14N4O2S2. The molecule has 0 atom stereocenters. The van der Waals surface area contributed by atoms with Gasteiger partial charge in [0, 0.05) is 12.7 Å². The summed E-state index contributed by atoms with van der Waals surface area (Å²) in [4.78, 5) is 3.91. The fourth-order valence-electron chi connectivity index (χ4n) is 1.53. The third-order valence-electron chi connectivity index (χ3n) is 2.61. The number of nitrogens with one attached hydrogen (secondary N) is 2. The molecule has 4 N–H and O–H groups in total. The summed E-state index contributed by atoms with van der Waals surface area (Å²) >= 11 is 1.54. The molecule has 0 aliphatic heterocycles. The molecular weight excluding hydrogens is 284 g/mol. The minimum absolute atomic E-state index is 0.0328. The van der Waals surface area contributed by atoms with Crippen molar-refractivity contribution in [3.05, 3.63) is 40.2 Å². The van der Waals surface area contributed by atoms with E-state index in [-0.39, 0.29) is 17.3 Å². The van der Waals surface area contributed by atoms with Gasteiger partial charge < -0.3 is 5.43 Å². The second-order valence-electron chi connectivity index (χ2n) is 3.90. The van der Waals surface area contributed by atoms with Crippen LogP contribution in [0.3, 0.4) is 0 Å². The summed E-state index contributed by atoms with van der Waals surface area (Å²) in [7, 11) is -3.65. The predicted octanol–water partition coefficient (Wildman–Crippen LogP) is 1.22. The van der Waals surface area contributed by atoms with E-state index >= 15 is 0 Å². The molecule has 0 spiro atoms. The zero-order chi connectivity index (χ0) is 13.9. The average Bonchev–Trinajstić information content (AvgIpc) is 2.82. The lowest BCUT2D eigenvalue weighted by Crippen LogP contribution is -2.25. The Morgan fingerprint density at radius 3 is 2.84 bits per heavy atom. The third kappa shape index (κ3) is 3.10. The van der Waals surface area contributed by atoms with Gasteiger partial charge in [0.05, 0.1) is 0 Å². The number of hydrogen-bond acceptors (Lipinski definition) is 6. The van der Waals surface area contributed by atoms with Crippen LogP contribution in [0.15, 0.2) is 34.0 Å². The van der Waals surface area contributed by atoms with Crippen molar-refractivity contribution >= 4 is 27.2 Å². The summed E-state index contributed by atoms with van der Waals surface area (Å²) in [5.74, 6) is 5.38. The molecule has 19 heavy (non-hydrogen) atoms. The highest BCUT2D eigenvalue weighted by Gasteiger charge is 2.18. The van der Waals surface area contributed by atoms with Crippen LogP contribution in [0.25, 0.3) is 0 Å². The lowest BCUT2D eigenvalue weighted by Gasteiger charge is -2.09. The molecule has 0 aliphatic rings. The molecule has 0 aliphatic carbocycles. The molecule has 2 aromatic rings. The van der Waals surface area contributed by atoms with E-state index in [1.165, 1.54) is 12.3 Å². The number of nitrogen functional groups attached to an aromatic ring is 1. The monoisotopic (exact) mass is 298 g/mol. The van der Waals surface area contributed by atoms with Crippen molar-refractivity contribution in [2.45, 2.75) is 18.4 Å². The first kappa shape index (κ1) is 13.9. The van der Waals surface area contributed by atoms with Crippen LogP contribution < -0.4 is 16.0 Å². The van der Waals surface area contributed by atoms with Crippen LogP contribution in [-0.2, 0) is 16.6 Å². The van der Waals surface area contributed by atoms with Crippen molar-refractivity contribution in [3.8, 4) is 0 Å². The minimum Gasteiger partial charge on any atom is -0.307 e. The fourth-order valence-corrected chi connectivity index (χ4v) is 3.52. The Hall–Kier alpha value is -1.48. The first-order valence-electron chi connectivity index (χ1n) is 5.47. The van der Waals surface area contributed by atoms with E-state index in [0.717, 1.165) is 11.1 Å². The molecule has 0 bridgehead atoms. The molecule has 0 amide bonds. The number of hydrogen-bond donors (Lipinski definition) is 3. The van der Waals surface area contributed by atoms with Gasteiger partial charge in [0.15, 0.2) is 5.82 Å². The van der Waals surface area contributed by atoms with Gasteiger partial charge in [-0.05, 0) is 40.9 Å². The smallest absolute Gasteiger partial charge is 0.244 e. The molecule has 0 aromatic carbocycles. The Labute approximate surface area is 115 Å². The molecule has 0 unspecified atom stereocenters. The summed E-state index contributed by atoms with van der Waals surface area (Å²) in [6, 6.07) is 3.00. The van der Waals surface area contributed by atoms with Gasteiger partial charge >= 0.3 is 0 Å². The summed E-state index contributed by atoms with van der Waals surface area (Å²) in [5, 5.41) is 3.89. The van der Waals surface area contributed by atoms with Gasteiger partial charge in [-0.1, -0.05) is 0 Å². The Bertz CT molecular complexity index is 667. The number of sulfonamides is 1. The minimum atomic E-state index is -3.65. The van der Waals surface area contributed by atoms with Crippen molar-refractivity contribution in [2.24, 2.45) is 5.84 Å². The highest BCUT2D eigenvalue weighted by Crippen LogP contribution is 2.18. The normalized spacial score (nSPS) is 11.5. The molecule has 2 heterocycles. The summed E-state index contributed by atoms with van der Waals surface area (Å²) in [6.07, 6.45) is 1.47. The number of rotatable bonds is 5. The summed E-state index contributed by atoms with van der Waals surface area (Å²) in [6.45, 7) is 2.19. The standard InChI is InChI=1S/C11H14N4O2S2/c1-8-6-18-7-9(8)5-14-19(16,17)10-3-2-4-13-11(10)15-12/h2-4,6-7,14H,5,12H2,1H3,(H,13,15). The number of hydrazine groups is 1. The Morgan fingerprint density at radius 2 is 2.21 bits per heavy atom. The Morgan fingerprint density at radius 1 is 1.42 bits per heavy atom. The predicted molar refractivity (Wildman–Crippen MR) is 75.1 cm³/mol. The van der Waals surface area contributed by atoms with Gasteiger partial charge in [-0.3, -0.25) is 0 Å². The molecule has 102 valence electrons. The third-order valence-corrected chi connectivity index (χ3v) is 4.95. The van der Waals surface area contributed by atoms with Crippen molar-refractivity contribution < 1.29 is 8.42 Å². The zero-order valence-electron chi connectivity index (χ0n) is 10.3. The lowest BCUT2D eigenvalue weighted by molar-refractivity contribution is 0.581. The van der Waals surface area contributed by atoms with Crippen LogP contribution in [-0.4, -0.2) is 13.4 Å².